The molecule has 1 rings (SSSR count). The standard InChI is InChI=1S/C14H28N4O2S/c1-6-12(7-2)8-16-21(19,20)14-11(5)17-18-13(14)9-15-10(3)4/h10,12,15-16H,6-9H2,1-5H3,(H,17,18). The molecule has 3 N–H and O–H groups in total. The van der Waals surface area contributed by atoms with Crippen LogP contribution in [0, 0.1) is 12.8 Å². The summed E-state index contributed by atoms with van der Waals surface area (Å²) in [5, 5.41) is 10.1. The maximum absolute atomic E-state index is 12.5. The van der Waals surface area contributed by atoms with E-state index in [1.165, 1.54) is 0 Å². The Balaban J connectivity index is 2.89. The molecular weight excluding hydrogens is 288 g/mol. The Morgan fingerprint density at radius 2 is 1.86 bits per heavy atom. The molecule has 0 atom stereocenters. The summed E-state index contributed by atoms with van der Waals surface area (Å²) in [7, 11) is -3.53. The van der Waals surface area contributed by atoms with Crippen molar-refractivity contribution < 1.29 is 8.42 Å². The Kier molecular flexibility index (Phi) is 6.83. The molecule has 21 heavy (non-hydrogen) atoms. The zero-order chi connectivity index (χ0) is 16.0. The SMILES string of the molecule is CCC(CC)CNS(=O)(=O)c1c(CNC(C)C)n[nH]c1C. The Morgan fingerprint density at radius 1 is 1.24 bits per heavy atom. The lowest BCUT2D eigenvalue weighted by atomic mass is 10.0. The topological polar surface area (TPSA) is 86.9 Å². The van der Waals surface area contributed by atoms with Crippen LogP contribution in [0.15, 0.2) is 4.90 Å². The molecule has 122 valence electrons. The molecule has 0 spiro atoms. The molecule has 0 aliphatic heterocycles. The lowest BCUT2D eigenvalue weighted by molar-refractivity contribution is 0.478. The summed E-state index contributed by atoms with van der Waals surface area (Å²) in [6.45, 7) is 10.8. The number of aromatic amines is 1. The molecule has 0 saturated heterocycles. The number of nitrogens with zero attached hydrogens (tertiary/aromatic N) is 1. The molecule has 0 aromatic carbocycles. The summed E-state index contributed by atoms with van der Waals surface area (Å²) in [5.41, 5.74) is 1.12. The van der Waals surface area contributed by atoms with Gasteiger partial charge in [-0.3, -0.25) is 5.10 Å². The van der Waals surface area contributed by atoms with Crippen molar-refractivity contribution in [3.63, 3.8) is 0 Å². The van der Waals surface area contributed by atoms with Gasteiger partial charge in [-0.2, -0.15) is 5.10 Å². The van der Waals surface area contributed by atoms with Crippen LogP contribution >= 0.6 is 0 Å². The van der Waals surface area contributed by atoms with Crippen LogP contribution in [0.1, 0.15) is 51.9 Å². The first-order valence-electron chi connectivity index (χ1n) is 7.58. The first-order chi connectivity index (χ1) is 9.81. The highest BCUT2D eigenvalue weighted by Gasteiger charge is 2.24. The van der Waals surface area contributed by atoms with E-state index in [1.807, 2.05) is 13.8 Å². The molecule has 0 aliphatic rings. The second-order valence-electron chi connectivity index (χ2n) is 5.69. The van der Waals surface area contributed by atoms with Crippen molar-refractivity contribution in [2.24, 2.45) is 5.92 Å². The van der Waals surface area contributed by atoms with Gasteiger partial charge in [0.15, 0.2) is 0 Å². The van der Waals surface area contributed by atoms with E-state index >= 15 is 0 Å². The van der Waals surface area contributed by atoms with Crippen molar-refractivity contribution in [2.75, 3.05) is 6.54 Å². The van der Waals surface area contributed by atoms with E-state index in [9.17, 15) is 8.42 Å². The third-order valence-electron chi connectivity index (χ3n) is 3.62. The van der Waals surface area contributed by atoms with E-state index < -0.39 is 10.0 Å². The summed E-state index contributed by atoms with van der Waals surface area (Å²) < 4.78 is 27.8. The van der Waals surface area contributed by atoms with Crippen molar-refractivity contribution in [1.82, 2.24) is 20.2 Å². The van der Waals surface area contributed by atoms with Crippen molar-refractivity contribution >= 4 is 10.0 Å². The highest BCUT2D eigenvalue weighted by Crippen LogP contribution is 2.18. The van der Waals surface area contributed by atoms with Crippen molar-refractivity contribution in [3.8, 4) is 0 Å². The van der Waals surface area contributed by atoms with Gasteiger partial charge in [0.05, 0.1) is 11.4 Å². The number of nitrogens with one attached hydrogen (secondary N) is 3. The fourth-order valence-electron chi connectivity index (χ4n) is 2.12. The molecule has 1 aromatic heterocycles. The Bertz CT molecular complexity index is 533. The van der Waals surface area contributed by atoms with Crippen LogP contribution in [0.25, 0.3) is 0 Å². The van der Waals surface area contributed by atoms with E-state index in [0.29, 0.717) is 30.4 Å². The van der Waals surface area contributed by atoms with Gasteiger partial charge in [0.25, 0.3) is 0 Å². The molecule has 7 heteroatoms. The Morgan fingerprint density at radius 3 is 2.38 bits per heavy atom. The normalized spacial score (nSPS) is 12.5. The Labute approximate surface area is 128 Å². The maximum Gasteiger partial charge on any atom is 0.244 e. The maximum atomic E-state index is 12.5. The van der Waals surface area contributed by atoms with E-state index in [2.05, 4.69) is 34.1 Å². The second-order valence-corrected chi connectivity index (χ2v) is 7.40. The van der Waals surface area contributed by atoms with Gasteiger partial charge < -0.3 is 5.32 Å². The fraction of sp³-hybridized carbons (Fsp3) is 0.786. The number of hydrogen-bond donors (Lipinski definition) is 3. The molecule has 0 saturated carbocycles. The van der Waals surface area contributed by atoms with Gasteiger partial charge in [-0.25, -0.2) is 13.1 Å². The van der Waals surface area contributed by atoms with Crippen LogP contribution in [0.5, 0.6) is 0 Å². The van der Waals surface area contributed by atoms with Crippen LogP contribution < -0.4 is 10.0 Å². The summed E-state index contributed by atoms with van der Waals surface area (Å²) in [6.07, 6.45) is 1.93. The minimum absolute atomic E-state index is 0.273. The van der Waals surface area contributed by atoms with Crippen LogP contribution in [-0.2, 0) is 16.6 Å². The third kappa shape index (κ3) is 5.09. The largest absolute Gasteiger partial charge is 0.309 e. The van der Waals surface area contributed by atoms with E-state index in [1.54, 1.807) is 6.92 Å². The van der Waals surface area contributed by atoms with Gasteiger partial charge in [0, 0.05) is 19.1 Å². The number of H-pyrrole nitrogens is 1. The van der Waals surface area contributed by atoms with E-state index in [-0.39, 0.29) is 10.9 Å². The molecule has 6 nitrogen and oxygen atoms in total. The zero-order valence-electron chi connectivity index (χ0n) is 13.7. The van der Waals surface area contributed by atoms with Gasteiger partial charge in [0.1, 0.15) is 4.90 Å². The molecule has 0 bridgehead atoms. The number of hydrogen-bond acceptors (Lipinski definition) is 4. The van der Waals surface area contributed by atoms with Crippen LogP contribution in [0.4, 0.5) is 0 Å². The highest BCUT2D eigenvalue weighted by atomic mass is 32.2. The monoisotopic (exact) mass is 316 g/mol. The quantitative estimate of drug-likeness (QED) is 0.649. The minimum atomic E-state index is -3.53. The average molecular weight is 316 g/mol. The van der Waals surface area contributed by atoms with Gasteiger partial charge in [-0.15, -0.1) is 0 Å². The highest BCUT2D eigenvalue weighted by molar-refractivity contribution is 7.89. The van der Waals surface area contributed by atoms with Gasteiger partial charge in [0.2, 0.25) is 10.0 Å². The van der Waals surface area contributed by atoms with Crippen molar-refractivity contribution in [3.05, 3.63) is 11.4 Å². The lowest BCUT2D eigenvalue weighted by Crippen LogP contribution is -2.31. The second kappa shape index (κ2) is 7.91. The first-order valence-corrected chi connectivity index (χ1v) is 9.06. The minimum Gasteiger partial charge on any atom is -0.309 e. The number of rotatable bonds is 9. The third-order valence-corrected chi connectivity index (χ3v) is 5.25. The van der Waals surface area contributed by atoms with Gasteiger partial charge >= 0.3 is 0 Å². The number of aryl methyl sites for hydroxylation is 1. The predicted molar refractivity (Wildman–Crippen MR) is 84.6 cm³/mol. The zero-order valence-corrected chi connectivity index (χ0v) is 14.5. The van der Waals surface area contributed by atoms with Crippen LogP contribution in [-0.4, -0.2) is 31.2 Å². The van der Waals surface area contributed by atoms with Gasteiger partial charge in [-0.1, -0.05) is 40.5 Å². The van der Waals surface area contributed by atoms with Crippen LogP contribution in [0.2, 0.25) is 0 Å². The Hall–Kier alpha value is -0.920. The molecule has 0 aliphatic carbocycles. The predicted octanol–water partition coefficient (Wildman–Crippen LogP) is 1.93. The van der Waals surface area contributed by atoms with Crippen molar-refractivity contribution in [1.29, 1.82) is 0 Å². The number of aromatic nitrogens is 2. The summed E-state index contributed by atoms with van der Waals surface area (Å²) >= 11 is 0. The van der Waals surface area contributed by atoms with Crippen molar-refractivity contribution in [2.45, 2.75) is 64.9 Å². The van der Waals surface area contributed by atoms with E-state index in [0.717, 1.165) is 12.8 Å². The molecular formula is C14H28N4O2S. The van der Waals surface area contributed by atoms with Crippen LogP contribution in [0.3, 0.4) is 0 Å². The average Bonchev–Trinajstić information content (AvgIpc) is 2.79. The summed E-state index contributed by atoms with van der Waals surface area (Å²) in [5.74, 6) is 0.365. The van der Waals surface area contributed by atoms with E-state index in [4.69, 9.17) is 0 Å². The molecule has 0 amide bonds. The molecule has 0 radical (unpaired) electrons. The molecule has 1 heterocycles. The first kappa shape index (κ1) is 18.1. The summed E-state index contributed by atoms with van der Waals surface area (Å²) in [4.78, 5) is 0.279. The molecule has 0 fully saturated rings. The lowest BCUT2D eigenvalue weighted by Gasteiger charge is -2.14. The fourth-order valence-corrected chi connectivity index (χ4v) is 3.60. The summed E-state index contributed by atoms with van der Waals surface area (Å²) in [6, 6.07) is 0.273. The van der Waals surface area contributed by atoms with Gasteiger partial charge in [-0.05, 0) is 12.8 Å². The smallest absolute Gasteiger partial charge is 0.244 e. The molecule has 0 unspecified atom stereocenters. The number of sulfonamides is 1. The molecule has 1 aromatic rings.